The Kier molecular flexibility index (Phi) is 6.01. The molecule has 0 aromatic carbocycles. The summed E-state index contributed by atoms with van der Waals surface area (Å²) < 4.78 is 6.63. The lowest BCUT2D eigenvalue weighted by molar-refractivity contribution is -0.131. The molecule has 1 amide bonds. The fraction of sp³-hybridized carbons (Fsp3) is 0.739. The van der Waals surface area contributed by atoms with Crippen molar-refractivity contribution in [3.8, 4) is 0 Å². The molecule has 0 spiro atoms. The molecule has 7 heteroatoms. The van der Waals surface area contributed by atoms with E-state index in [1.54, 1.807) is 11.3 Å². The number of aromatic nitrogens is 1. The van der Waals surface area contributed by atoms with Gasteiger partial charge in [-0.15, -0.1) is 11.3 Å². The van der Waals surface area contributed by atoms with Crippen molar-refractivity contribution in [1.82, 2.24) is 15.4 Å². The first-order valence-corrected chi connectivity index (χ1v) is 12.7. The average molecular weight is 431 g/mol. The first-order chi connectivity index (χ1) is 14.7. The van der Waals surface area contributed by atoms with Gasteiger partial charge in [0.15, 0.2) is 11.4 Å². The van der Waals surface area contributed by atoms with Crippen LogP contribution in [0.15, 0.2) is 16.0 Å². The van der Waals surface area contributed by atoms with Crippen molar-refractivity contribution in [3.05, 3.63) is 11.4 Å². The third kappa shape index (κ3) is 4.24. The zero-order chi connectivity index (χ0) is 20.5. The molecular formula is C23H34N4O2S. The summed E-state index contributed by atoms with van der Waals surface area (Å²) in [4.78, 5) is 17.8. The van der Waals surface area contributed by atoms with Crippen LogP contribution < -0.4 is 10.2 Å². The number of rotatable bonds is 5. The molecule has 5 rings (SSSR count). The van der Waals surface area contributed by atoms with Crippen LogP contribution in [0.4, 0.5) is 5.82 Å². The fourth-order valence-corrected chi connectivity index (χ4v) is 6.23. The standard InChI is InChI=1S/C23H34N4O2S/c1-16-3-6-18(7-4-16)24-23(28)19-8-5-17(19)15-26-10-2-11-27(13-12-26)22-21-20(29-25-22)9-14-30-21/h9,14,16-19H,2-8,10-13,15H2,1H3,(H,24,28)/t16?,17-,18?,19+/m0/s1. The minimum absolute atomic E-state index is 0.227. The molecule has 0 unspecified atom stereocenters. The van der Waals surface area contributed by atoms with E-state index in [0.29, 0.717) is 17.9 Å². The van der Waals surface area contributed by atoms with Gasteiger partial charge in [0.2, 0.25) is 5.91 Å². The van der Waals surface area contributed by atoms with Gasteiger partial charge in [0.25, 0.3) is 0 Å². The first kappa shape index (κ1) is 20.3. The van der Waals surface area contributed by atoms with Crippen molar-refractivity contribution in [2.75, 3.05) is 37.6 Å². The average Bonchev–Trinajstić information content (AvgIpc) is 3.25. The quantitative estimate of drug-likeness (QED) is 0.773. The van der Waals surface area contributed by atoms with Crippen molar-refractivity contribution in [2.24, 2.45) is 17.8 Å². The van der Waals surface area contributed by atoms with Crippen LogP contribution in [-0.4, -0.2) is 54.7 Å². The smallest absolute Gasteiger partial charge is 0.223 e. The number of thiophene rings is 1. The maximum Gasteiger partial charge on any atom is 0.223 e. The molecule has 1 N–H and O–H groups in total. The summed E-state index contributed by atoms with van der Waals surface area (Å²) in [6.45, 7) is 7.52. The van der Waals surface area contributed by atoms with E-state index in [-0.39, 0.29) is 5.92 Å². The molecule has 3 aliphatic rings. The Labute approximate surface area is 183 Å². The molecule has 6 nitrogen and oxygen atoms in total. The van der Waals surface area contributed by atoms with Gasteiger partial charge in [-0.25, -0.2) is 0 Å². The maximum atomic E-state index is 12.8. The Hall–Kier alpha value is -1.60. The Morgan fingerprint density at radius 2 is 2.03 bits per heavy atom. The molecule has 2 aliphatic carbocycles. The van der Waals surface area contributed by atoms with E-state index in [0.717, 1.165) is 80.4 Å². The second-order valence-corrected chi connectivity index (χ2v) is 10.6. The van der Waals surface area contributed by atoms with Crippen molar-refractivity contribution < 1.29 is 9.32 Å². The Morgan fingerprint density at radius 1 is 1.17 bits per heavy atom. The number of fused-ring (bicyclic) bond motifs is 1. The van der Waals surface area contributed by atoms with Crippen LogP contribution in [0.5, 0.6) is 0 Å². The van der Waals surface area contributed by atoms with Crippen molar-refractivity contribution in [2.45, 2.75) is 57.9 Å². The van der Waals surface area contributed by atoms with Crippen LogP contribution >= 0.6 is 11.3 Å². The molecule has 30 heavy (non-hydrogen) atoms. The Balaban J connectivity index is 1.12. The van der Waals surface area contributed by atoms with Gasteiger partial charge in [0.1, 0.15) is 4.70 Å². The van der Waals surface area contributed by atoms with Gasteiger partial charge in [-0.2, -0.15) is 0 Å². The van der Waals surface area contributed by atoms with E-state index in [1.807, 2.05) is 6.07 Å². The molecule has 164 valence electrons. The summed E-state index contributed by atoms with van der Waals surface area (Å²) in [6.07, 6.45) is 8.22. The molecule has 2 saturated carbocycles. The second kappa shape index (κ2) is 8.87. The van der Waals surface area contributed by atoms with Crippen LogP contribution in [0.25, 0.3) is 10.3 Å². The number of carbonyl (C=O) groups is 1. The predicted octanol–water partition coefficient (Wildman–Crippen LogP) is 4.12. The van der Waals surface area contributed by atoms with Gasteiger partial charge < -0.3 is 19.6 Å². The van der Waals surface area contributed by atoms with E-state index in [4.69, 9.17) is 4.52 Å². The van der Waals surface area contributed by atoms with Gasteiger partial charge in [-0.1, -0.05) is 12.1 Å². The number of nitrogens with zero attached hydrogens (tertiary/aromatic N) is 3. The summed E-state index contributed by atoms with van der Waals surface area (Å²) in [6, 6.07) is 2.41. The van der Waals surface area contributed by atoms with Crippen LogP contribution in [0, 0.1) is 17.8 Å². The number of amides is 1. The van der Waals surface area contributed by atoms with Crippen molar-refractivity contribution >= 4 is 33.3 Å². The SMILES string of the molecule is CC1CCC(NC(=O)[C@@H]2CC[C@H]2CN2CCCN(c3noc4ccsc34)CC2)CC1. The van der Waals surface area contributed by atoms with E-state index in [9.17, 15) is 4.79 Å². The monoisotopic (exact) mass is 430 g/mol. The molecule has 1 aliphatic heterocycles. The highest BCUT2D eigenvalue weighted by Crippen LogP contribution is 2.36. The van der Waals surface area contributed by atoms with Crippen LogP contribution in [0.2, 0.25) is 0 Å². The predicted molar refractivity (Wildman–Crippen MR) is 121 cm³/mol. The highest BCUT2D eigenvalue weighted by molar-refractivity contribution is 7.17. The zero-order valence-electron chi connectivity index (χ0n) is 18.0. The number of anilines is 1. The van der Waals surface area contributed by atoms with Crippen LogP contribution in [0.1, 0.15) is 51.9 Å². The molecule has 3 fully saturated rings. The first-order valence-electron chi connectivity index (χ1n) is 11.8. The molecule has 0 radical (unpaired) electrons. The third-order valence-electron chi connectivity index (χ3n) is 7.56. The normalized spacial score (nSPS) is 30.8. The van der Waals surface area contributed by atoms with E-state index >= 15 is 0 Å². The molecule has 3 heterocycles. The molecule has 2 aromatic heterocycles. The number of hydrogen-bond donors (Lipinski definition) is 1. The fourth-order valence-electron chi connectivity index (χ4n) is 5.41. The van der Waals surface area contributed by atoms with Crippen molar-refractivity contribution in [1.29, 1.82) is 0 Å². The molecule has 2 aromatic rings. The zero-order valence-corrected chi connectivity index (χ0v) is 18.8. The largest absolute Gasteiger partial charge is 0.353 e. The third-order valence-corrected chi connectivity index (χ3v) is 8.45. The van der Waals surface area contributed by atoms with Crippen LogP contribution in [0.3, 0.4) is 0 Å². The summed E-state index contributed by atoms with van der Waals surface area (Å²) in [5, 5.41) is 9.77. The summed E-state index contributed by atoms with van der Waals surface area (Å²) in [5.74, 6) is 2.90. The molecule has 0 bridgehead atoms. The number of nitrogens with one attached hydrogen (secondary N) is 1. The number of carbonyl (C=O) groups excluding carboxylic acids is 1. The molecule has 1 saturated heterocycles. The Bertz CT molecular complexity index is 856. The van der Waals surface area contributed by atoms with Crippen LogP contribution in [-0.2, 0) is 4.79 Å². The van der Waals surface area contributed by atoms with E-state index < -0.39 is 0 Å². The topological polar surface area (TPSA) is 61.6 Å². The molecule has 2 atom stereocenters. The Morgan fingerprint density at radius 3 is 2.83 bits per heavy atom. The highest BCUT2D eigenvalue weighted by Gasteiger charge is 2.38. The van der Waals surface area contributed by atoms with Gasteiger partial charge in [0, 0.05) is 38.1 Å². The van der Waals surface area contributed by atoms with Gasteiger partial charge in [-0.3, -0.25) is 4.79 Å². The molecular weight excluding hydrogens is 396 g/mol. The minimum atomic E-state index is 0.227. The summed E-state index contributed by atoms with van der Waals surface area (Å²) in [7, 11) is 0. The minimum Gasteiger partial charge on any atom is -0.353 e. The van der Waals surface area contributed by atoms with E-state index in [2.05, 4.69) is 32.6 Å². The number of hydrogen-bond acceptors (Lipinski definition) is 6. The van der Waals surface area contributed by atoms with Gasteiger partial charge in [0.05, 0.1) is 0 Å². The maximum absolute atomic E-state index is 12.8. The highest BCUT2D eigenvalue weighted by atomic mass is 32.1. The van der Waals surface area contributed by atoms with Gasteiger partial charge >= 0.3 is 0 Å². The lowest BCUT2D eigenvalue weighted by Crippen LogP contribution is -2.49. The van der Waals surface area contributed by atoms with Crippen molar-refractivity contribution in [3.63, 3.8) is 0 Å². The summed E-state index contributed by atoms with van der Waals surface area (Å²) >= 11 is 1.71. The lowest BCUT2D eigenvalue weighted by Gasteiger charge is -2.40. The van der Waals surface area contributed by atoms with E-state index in [1.165, 1.54) is 19.3 Å². The van der Waals surface area contributed by atoms with Gasteiger partial charge in [-0.05, 0) is 74.8 Å². The second-order valence-electron chi connectivity index (χ2n) is 9.67. The summed E-state index contributed by atoms with van der Waals surface area (Å²) in [5.41, 5.74) is 0.895. The lowest BCUT2D eigenvalue weighted by atomic mass is 9.72.